The molecule has 1 aromatic carbocycles. The van der Waals surface area contributed by atoms with E-state index in [1.165, 1.54) is 12.1 Å². The first kappa shape index (κ1) is 17.6. The summed E-state index contributed by atoms with van der Waals surface area (Å²) in [6.45, 7) is 3.49. The van der Waals surface area contributed by atoms with Gasteiger partial charge in [0.25, 0.3) is 5.91 Å². The van der Waals surface area contributed by atoms with Gasteiger partial charge in [0.2, 0.25) is 0 Å². The quantitative estimate of drug-likeness (QED) is 0.845. The van der Waals surface area contributed by atoms with Gasteiger partial charge in [0, 0.05) is 6.07 Å². The number of carbonyl (C=O) groups excluding carboxylic acids is 1. The molecular weight excluding hydrogens is 322 g/mol. The van der Waals surface area contributed by atoms with Gasteiger partial charge in [-0.25, -0.2) is 13.6 Å². The Hall–Kier alpha value is -2.77. The number of carboxylic acids is 1. The van der Waals surface area contributed by atoms with Crippen molar-refractivity contribution in [3.05, 3.63) is 41.6 Å². The Morgan fingerprint density at radius 3 is 2.71 bits per heavy atom. The third kappa shape index (κ3) is 3.58. The third-order valence-corrected chi connectivity index (χ3v) is 3.73. The molecule has 8 heteroatoms. The normalized spacial score (nSPS) is 13.3. The largest absolute Gasteiger partial charge is 0.480 e. The number of halogens is 2. The maximum Gasteiger partial charge on any atom is 0.326 e. The highest BCUT2D eigenvalue weighted by Crippen LogP contribution is 2.25. The van der Waals surface area contributed by atoms with Crippen LogP contribution in [-0.4, -0.2) is 28.2 Å². The summed E-state index contributed by atoms with van der Waals surface area (Å²) in [6, 6.07) is 3.56. The molecule has 0 saturated heterocycles. The average molecular weight is 338 g/mol. The lowest BCUT2D eigenvalue weighted by Gasteiger charge is -2.19. The molecule has 6 nitrogen and oxygen atoms in total. The van der Waals surface area contributed by atoms with Crippen LogP contribution in [0.3, 0.4) is 0 Å². The van der Waals surface area contributed by atoms with E-state index in [2.05, 4.69) is 10.5 Å². The first-order valence-corrected chi connectivity index (χ1v) is 7.29. The zero-order valence-electron chi connectivity index (χ0n) is 13.0. The molecule has 24 heavy (non-hydrogen) atoms. The highest BCUT2D eigenvalue weighted by molar-refractivity contribution is 5.95. The van der Waals surface area contributed by atoms with Crippen LogP contribution in [0.15, 0.2) is 28.8 Å². The summed E-state index contributed by atoms with van der Waals surface area (Å²) in [7, 11) is 0. The van der Waals surface area contributed by atoms with Crippen molar-refractivity contribution in [2.24, 2.45) is 5.92 Å². The first-order chi connectivity index (χ1) is 11.3. The van der Waals surface area contributed by atoms with Gasteiger partial charge in [0.05, 0.1) is 5.56 Å². The Balaban J connectivity index is 2.22. The van der Waals surface area contributed by atoms with Crippen molar-refractivity contribution in [2.45, 2.75) is 26.3 Å². The number of hydrogen-bond donors (Lipinski definition) is 2. The van der Waals surface area contributed by atoms with E-state index in [1.807, 2.05) is 0 Å². The molecule has 0 saturated carbocycles. The number of amides is 1. The number of rotatable bonds is 6. The van der Waals surface area contributed by atoms with Gasteiger partial charge in [0.15, 0.2) is 23.1 Å². The second-order valence-corrected chi connectivity index (χ2v) is 5.35. The summed E-state index contributed by atoms with van der Waals surface area (Å²) in [5.41, 5.74) is -0.401. The van der Waals surface area contributed by atoms with Gasteiger partial charge in [-0.1, -0.05) is 31.5 Å². The van der Waals surface area contributed by atoms with Crippen molar-refractivity contribution >= 4 is 11.9 Å². The molecular formula is C16H16F2N2O4. The van der Waals surface area contributed by atoms with E-state index >= 15 is 0 Å². The summed E-state index contributed by atoms with van der Waals surface area (Å²) < 4.78 is 31.8. The standard InChI is InChI=1S/C16H16F2N2O4/c1-3-8(2)14(16(22)23)19-15(21)11-7-12(24-20-11)9-5-4-6-10(17)13(9)18/h4-8,14H,3H2,1-2H3,(H,19,21)(H,22,23)/t8-,14-/m0/s1. The zero-order valence-corrected chi connectivity index (χ0v) is 13.0. The maximum atomic E-state index is 13.7. The van der Waals surface area contributed by atoms with E-state index in [9.17, 15) is 23.5 Å². The first-order valence-electron chi connectivity index (χ1n) is 7.29. The van der Waals surface area contributed by atoms with Crippen molar-refractivity contribution in [1.29, 1.82) is 0 Å². The topological polar surface area (TPSA) is 92.4 Å². The van der Waals surface area contributed by atoms with Crippen LogP contribution in [0.1, 0.15) is 30.8 Å². The smallest absolute Gasteiger partial charge is 0.326 e. The molecule has 0 aliphatic carbocycles. The summed E-state index contributed by atoms with van der Waals surface area (Å²) in [5, 5.41) is 15.0. The minimum Gasteiger partial charge on any atom is -0.480 e. The number of hydrogen-bond acceptors (Lipinski definition) is 4. The van der Waals surface area contributed by atoms with Crippen LogP contribution in [0.4, 0.5) is 8.78 Å². The van der Waals surface area contributed by atoms with Crippen LogP contribution in [0, 0.1) is 17.6 Å². The summed E-state index contributed by atoms with van der Waals surface area (Å²) >= 11 is 0. The second kappa shape index (κ2) is 7.20. The van der Waals surface area contributed by atoms with E-state index in [0.29, 0.717) is 6.42 Å². The van der Waals surface area contributed by atoms with Gasteiger partial charge in [-0.2, -0.15) is 0 Å². The van der Waals surface area contributed by atoms with Crippen molar-refractivity contribution in [2.75, 3.05) is 0 Å². The fraction of sp³-hybridized carbons (Fsp3) is 0.312. The lowest BCUT2D eigenvalue weighted by molar-refractivity contribution is -0.140. The van der Waals surface area contributed by atoms with Gasteiger partial charge in [-0.3, -0.25) is 4.79 Å². The van der Waals surface area contributed by atoms with Crippen molar-refractivity contribution in [1.82, 2.24) is 10.5 Å². The Labute approximate surface area is 136 Å². The van der Waals surface area contributed by atoms with Gasteiger partial charge < -0.3 is 14.9 Å². The molecule has 0 aliphatic heterocycles. The highest BCUT2D eigenvalue weighted by Gasteiger charge is 2.27. The van der Waals surface area contributed by atoms with E-state index in [-0.39, 0.29) is 22.9 Å². The monoisotopic (exact) mass is 338 g/mol. The van der Waals surface area contributed by atoms with Gasteiger partial charge in [0.1, 0.15) is 6.04 Å². The molecule has 0 spiro atoms. The molecule has 0 unspecified atom stereocenters. The molecule has 0 fully saturated rings. The highest BCUT2D eigenvalue weighted by atomic mass is 19.2. The predicted molar refractivity (Wildman–Crippen MR) is 80.2 cm³/mol. The number of carbonyl (C=O) groups is 2. The van der Waals surface area contributed by atoms with E-state index in [0.717, 1.165) is 12.1 Å². The van der Waals surface area contributed by atoms with Gasteiger partial charge >= 0.3 is 5.97 Å². The summed E-state index contributed by atoms with van der Waals surface area (Å²) in [5.74, 6) is -4.54. The second-order valence-electron chi connectivity index (χ2n) is 5.35. The van der Waals surface area contributed by atoms with Crippen molar-refractivity contribution in [3.63, 3.8) is 0 Å². The SMILES string of the molecule is CC[C@H](C)[C@H](NC(=O)c1cc(-c2cccc(F)c2F)on1)C(=O)O. The molecule has 1 aromatic heterocycles. The van der Waals surface area contributed by atoms with Crippen LogP contribution < -0.4 is 5.32 Å². The van der Waals surface area contributed by atoms with E-state index in [4.69, 9.17) is 4.52 Å². The number of nitrogens with zero attached hydrogens (tertiary/aromatic N) is 1. The van der Waals surface area contributed by atoms with Crippen LogP contribution in [0.2, 0.25) is 0 Å². The van der Waals surface area contributed by atoms with Crippen molar-refractivity contribution in [3.8, 4) is 11.3 Å². The fourth-order valence-corrected chi connectivity index (χ4v) is 2.10. The van der Waals surface area contributed by atoms with Crippen LogP contribution in [0.5, 0.6) is 0 Å². The minimum absolute atomic E-state index is 0.132. The number of carboxylic acid groups (broad SMARTS) is 1. The Morgan fingerprint density at radius 2 is 2.08 bits per heavy atom. The Kier molecular flexibility index (Phi) is 5.28. The van der Waals surface area contributed by atoms with Gasteiger partial charge in [-0.15, -0.1) is 0 Å². The van der Waals surface area contributed by atoms with Gasteiger partial charge in [-0.05, 0) is 18.1 Å². The van der Waals surface area contributed by atoms with E-state index < -0.39 is 29.6 Å². The minimum atomic E-state index is -1.17. The molecule has 2 N–H and O–H groups in total. The third-order valence-electron chi connectivity index (χ3n) is 3.73. The lowest BCUT2D eigenvalue weighted by Crippen LogP contribution is -2.45. The predicted octanol–water partition coefficient (Wildman–Crippen LogP) is 2.85. The zero-order chi connectivity index (χ0) is 17.9. The molecule has 1 amide bonds. The molecule has 2 atom stereocenters. The Bertz CT molecular complexity index is 760. The Morgan fingerprint density at radius 1 is 1.38 bits per heavy atom. The molecule has 0 radical (unpaired) electrons. The summed E-state index contributed by atoms with van der Waals surface area (Å²) in [6.07, 6.45) is 0.551. The number of nitrogens with one attached hydrogen (secondary N) is 1. The number of aromatic nitrogens is 1. The lowest BCUT2D eigenvalue weighted by atomic mass is 9.99. The molecule has 1 heterocycles. The van der Waals surface area contributed by atoms with E-state index in [1.54, 1.807) is 13.8 Å². The number of benzene rings is 1. The average Bonchev–Trinajstić information content (AvgIpc) is 3.03. The van der Waals surface area contributed by atoms with Crippen LogP contribution in [-0.2, 0) is 4.79 Å². The summed E-state index contributed by atoms with van der Waals surface area (Å²) in [4.78, 5) is 23.3. The maximum absolute atomic E-state index is 13.7. The fourth-order valence-electron chi connectivity index (χ4n) is 2.10. The molecule has 0 aliphatic rings. The molecule has 2 rings (SSSR count). The van der Waals surface area contributed by atoms with Crippen LogP contribution >= 0.6 is 0 Å². The molecule has 0 bridgehead atoms. The molecule has 2 aromatic rings. The number of aliphatic carboxylic acids is 1. The van der Waals surface area contributed by atoms with Crippen LogP contribution in [0.25, 0.3) is 11.3 Å². The van der Waals surface area contributed by atoms with Crippen molar-refractivity contribution < 1.29 is 28.0 Å². The molecule has 128 valence electrons.